The first-order valence-electron chi connectivity index (χ1n) is 3.68. The first-order valence-corrected chi connectivity index (χ1v) is 4.56. The summed E-state index contributed by atoms with van der Waals surface area (Å²) in [5.41, 5.74) is 0. The summed E-state index contributed by atoms with van der Waals surface area (Å²) in [6, 6.07) is 1.41. The number of esters is 1. The second-order valence-corrected chi connectivity index (χ2v) is 3.22. The van der Waals surface area contributed by atoms with Gasteiger partial charge >= 0.3 is 5.97 Å². The summed E-state index contributed by atoms with van der Waals surface area (Å²) in [4.78, 5) is 11.5. The van der Waals surface area contributed by atoms with Crippen molar-refractivity contribution in [1.29, 1.82) is 0 Å². The van der Waals surface area contributed by atoms with E-state index in [1.165, 1.54) is 22.8 Å². The molecule has 1 heterocycles. The maximum absolute atomic E-state index is 11.1. The van der Waals surface area contributed by atoms with E-state index in [0.717, 1.165) is 6.42 Å². The molecule has 0 aliphatic heterocycles. The fraction of sp³-hybridized carbons (Fsp3) is 0.375. The van der Waals surface area contributed by atoms with Crippen molar-refractivity contribution in [2.45, 2.75) is 13.3 Å². The lowest BCUT2D eigenvalue weighted by molar-refractivity contribution is 0.0510. The van der Waals surface area contributed by atoms with Gasteiger partial charge in [0.2, 0.25) is 0 Å². The van der Waals surface area contributed by atoms with Crippen molar-refractivity contribution in [3.8, 4) is 5.75 Å². The van der Waals surface area contributed by atoms with E-state index in [4.69, 9.17) is 9.84 Å². The first kappa shape index (κ1) is 9.06. The first-order chi connectivity index (χ1) is 5.74. The largest absolute Gasteiger partial charge is 0.507 e. The van der Waals surface area contributed by atoms with Crippen LogP contribution in [0.15, 0.2) is 11.4 Å². The van der Waals surface area contributed by atoms with Gasteiger partial charge in [0.15, 0.2) is 0 Å². The predicted octanol–water partition coefficient (Wildman–Crippen LogP) is 2.02. The summed E-state index contributed by atoms with van der Waals surface area (Å²) in [6.45, 7) is 2.36. The molecular formula is C8H10O3S. The highest BCUT2D eigenvalue weighted by molar-refractivity contribution is 7.12. The van der Waals surface area contributed by atoms with Crippen LogP contribution < -0.4 is 0 Å². The van der Waals surface area contributed by atoms with Gasteiger partial charge < -0.3 is 9.84 Å². The quantitative estimate of drug-likeness (QED) is 0.734. The van der Waals surface area contributed by atoms with E-state index in [9.17, 15) is 4.79 Å². The minimum absolute atomic E-state index is 0.114. The van der Waals surface area contributed by atoms with E-state index >= 15 is 0 Å². The molecule has 0 saturated carbocycles. The summed E-state index contributed by atoms with van der Waals surface area (Å²) in [6.07, 6.45) is 0.809. The van der Waals surface area contributed by atoms with Crippen LogP contribution in [0.1, 0.15) is 23.0 Å². The molecule has 66 valence electrons. The monoisotopic (exact) mass is 186 g/mol. The number of carbonyl (C=O) groups is 1. The molecule has 0 radical (unpaired) electrons. The normalized spacial score (nSPS) is 9.75. The van der Waals surface area contributed by atoms with Crippen LogP contribution in [0.3, 0.4) is 0 Å². The smallest absolute Gasteiger partial charge is 0.348 e. The molecule has 0 bridgehead atoms. The van der Waals surface area contributed by atoms with Gasteiger partial charge in [-0.25, -0.2) is 4.79 Å². The second-order valence-electron chi connectivity index (χ2n) is 2.31. The lowest BCUT2D eigenvalue weighted by Crippen LogP contribution is -2.03. The summed E-state index contributed by atoms with van der Waals surface area (Å²) in [5.74, 6) is -0.245. The topological polar surface area (TPSA) is 46.5 Å². The highest BCUT2D eigenvalue weighted by Crippen LogP contribution is 2.20. The van der Waals surface area contributed by atoms with Crippen molar-refractivity contribution in [3.05, 3.63) is 16.3 Å². The summed E-state index contributed by atoms with van der Waals surface area (Å²) < 4.78 is 4.85. The van der Waals surface area contributed by atoms with Gasteiger partial charge in [0, 0.05) is 11.4 Å². The average Bonchev–Trinajstić information content (AvgIpc) is 2.47. The maximum Gasteiger partial charge on any atom is 0.348 e. The molecule has 4 heteroatoms. The third-order valence-electron chi connectivity index (χ3n) is 1.22. The standard InChI is InChI=1S/C8H10O3S/c1-2-3-11-8(10)7-4-6(9)5-12-7/h4-5,9H,2-3H2,1H3. The van der Waals surface area contributed by atoms with Crippen LogP contribution >= 0.6 is 11.3 Å². The van der Waals surface area contributed by atoms with Gasteiger partial charge in [-0.1, -0.05) is 6.92 Å². The van der Waals surface area contributed by atoms with Gasteiger partial charge in [-0.15, -0.1) is 11.3 Å². The number of hydrogen-bond acceptors (Lipinski definition) is 4. The van der Waals surface area contributed by atoms with Gasteiger partial charge in [-0.05, 0) is 6.42 Å². The molecule has 0 unspecified atom stereocenters. The SMILES string of the molecule is CCCOC(=O)c1cc(O)cs1. The molecule has 1 aromatic rings. The predicted molar refractivity (Wildman–Crippen MR) is 46.6 cm³/mol. The Bertz CT molecular complexity index is 267. The van der Waals surface area contributed by atoms with Gasteiger partial charge in [0.05, 0.1) is 6.61 Å². The van der Waals surface area contributed by atoms with E-state index in [2.05, 4.69) is 0 Å². The zero-order valence-corrected chi connectivity index (χ0v) is 7.56. The molecule has 1 aromatic heterocycles. The summed E-state index contributed by atoms with van der Waals surface area (Å²) in [7, 11) is 0. The van der Waals surface area contributed by atoms with Crippen LogP contribution in [0.25, 0.3) is 0 Å². The Morgan fingerprint density at radius 3 is 3.00 bits per heavy atom. The number of rotatable bonds is 3. The third-order valence-corrected chi connectivity index (χ3v) is 2.12. The molecule has 0 aliphatic rings. The van der Waals surface area contributed by atoms with E-state index in [1.54, 1.807) is 0 Å². The Hall–Kier alpha value is -1.03. The number of ether oxygens (including phenoxy) is 1. The van der Waals surface area contributed by atoms with Crippen molar-refractivity contribution in [1.82, 2.24) is 0 Å². The van der Waals surface area contributed by atoms with Crippen molar-refractivity contribution >= 4 is 17.3 Å². The van der Waals surface area contributed by atoms with Crippen molar-refractivity contribution < 1.29 is 14.6 Å². The number of aromatic hydroxyl groups is 1. The van der Waals surface area contributed by atoms with Crippen molar-refractivity contribution in [2.24, 2.45) is 0 Å². The van der Waals surface area contributed by atoms with Crippen LogP contribution in [0.5, 0.6) is 5.75 Å². The molecule has 0 aromatic carbocycles. The summed E-state index contributed by atoms with van der Waals surface area (Å²) >= 11 is 1.18. The molecule has 3 nitrogen and oxygen atoms in total. The van der Waals surface area contributed by atoms with Crippen LogP contribution in [-0.4, -0.2) is 17.7 Å². The van der Waals surface area contributed by atoms with Gasteiger partial charge in [-0.2, -0.15) is 0 Å². The van der Waals surface area contributed by atoms with E-state index in [1.807, 2.05) is 6.92 Å². The average molecular weight is 186 g/mol. The third kappa shape index (κ3) is 2.23. The lowest BCUT2D eigenvalue weighted by Gasteiger charge is -1.98. The fourth-order valence-corrected chi connectivity index (χ4v) is 1.36. The van der Waals surface area contributed by atoms with E-state index < -0.39 is 0 Å². The zero-order valence-electron chi connectivity index (χ0n) is 6.74. The number of thiophene rings is 1. The zero-order chi connectivity index (χ0) is 8.97. The molecule has 12 heavy (non-hydrogen) atoms. The minimum atomic E-state index is -0.359. The van der Waals surface area contributed by atoms with Crippen LogP contribution in [0.2, 0.25) is 0 Å². The molecule has 1 N–H and O–H groups in total. The summed E-state index contributed by atoms with van der Waals surface area (Å²) in [5, 5.41) is 10.4. The van der Waals surface area contributed by atoms with Gasteiger partial charge in [0.1, 0.15) is 10.6 Å². The highest BCUT2D eigenvalue weighted by Gasteiger charge is 2.08. The second kappa shape index (κ2) is 4.11. The van der Waals surface area contributed by atoms with Crippen LogP contribution in [0.4, 0.5) is 0 Å². The Kier molecular flexibility index (Phi) is 3.10. The Morgan fingerprint density at radius 2 is 2.50 bits per heavy atom. The molecule has 0 spiro atoms. The van der Waals surface area contributed by atoms with Crippen LogP contribution in [0, 0.1) is 0 Å². The Labute approximate surface area is 74.6 Å². The molecule has 0 aliphatic carbocycles. The van der Waals surface area contributed by atoms with E-state index in [-0.39, 0.29) is 11.7 Å². The number of carbonyl (C=O) groups excluding carboxylic acids is 1. The molecule has 0 atom stereocenters. The van der Waals surface area contributed by atoms with Gasteiger partial charge in [0.25, 0.3) is 0 Å². The number of hydrogen-bond donors (Lipinski definition) is 1. The van der Waals surface area contributed by atoms with Crippen molar-refractivity contribution in [2.75, 3.05) is 6.61 Å². The van der Waals surface area contributed by atoms with Gasteiger partial charge in [-0.3, -0.25) is 0 Å². The maximum atomic E-state index is 11.1. The fourth-order valence-electron chi connectivity index (χ4n) is 0.699. The molecular weight excluding hydrogens is 176 g/mol. The Morgan fingerprint density at radius 1 is 1.75 bits per heavy atom. The van der Waals surface area contributed by atoms with Crippen molar-refractivity contribution in [3.63, 3.8) is 0 Å². The molecule has 0 fully saturated rings. The Balaban J connectivity index is 2.53. The van der Waals surface area contributed by atoms with E-state index in [0.29, 0.717) is 11.5 Å². The molecule has 1 rings (SSSR count). The molecule has 0 saturated heterocycles. The highest BCUT2D eigenvalue weighted by atomic mass is 32.1. The molecule has 0 amide bonds. The minimum Gasteiger partial charge on any atom is -0.507 e. The lowest BCUT2D eigenvalue weighted by atomic mass is 10.4. The van der Waals surface area contributed by atoms with Crippen LogP contribution in [-0.2, 0) is 4.74 Å².